The fourth-order valence-corrected chi connectivity index (χ4v) is 2.45. The minimum absolute atomic E-state index is 0.114. The van der Waals surface area contributed by atoms with Crippen molar-refractivity contribution in [3.63, 3.8) is 0 Å². The van der Waals surface area contributed by atoms with Gasteiger partial charge in [0.25, 0.3) is 0 Å². The highest BCUT2D eigenvalue weighted by atomic mass is 19.1. The van der Waals surface area contributed by atoms with Crippen LogP contribution >= 0.6 is 0 Å². The van der Waals surface area contributed by atoms with Crippen LogP contribution in [0.1, 0.15) is 16.7 Å². The topological polar surface area (TPSA) is 38.3 Å². The van der Waals surface area contributed by atoms with Crippen LogP contribution in [-0.4, -0.2) is 12.5 Å². The molecule has 21 heavy (non-hydrogen) atoms. The number of nitrogens with one attached hydrogen (secondary N) is 1. The average Bonchev–Trinajstić information content (AvgIpc) is 2.92. The van der Waals surface area contributed by atoms with Crippen molar-refractivity contribution in [3.8, 4) is 5.75 Å². The van der Waals surface area contributed by atoms with Gasteiger partial charge in [-0.15, -0.1) is 0 Å². The molecule has 3 rings (SSSR count). The molecule has 0 fully saturated rings. The van der Waals surface area contributed by atoms with E-state index in [0.717, 1.165) is 24.3 Å². The molecule has 0 spiro atoms. The Hall–Kier alpha value is -2.36. The predicted molar refractivity (Wildman–Crippen MR) is 77.6 cm³/mol. The van der Waals surface area contributed by atoms with Crippen molar-refractivity contribution in [2.45, 2.75) is 19.4 Å². The van der Waals surface area contributed by atoms with Crippen LogP contribution in [0.5, 0.6) is 5.75 Å². The van der Waals surface area contributed by atoms with E-state index < -0.39 is 0 Å². The second-order valence-electron chi connectivity index (χ2n) is 5.12. The lowest BCUT2D eigenvalue weighted by Crippen LogP contribution is -2.24. The van der Waals surface area contributed by atoms with E-state index in [4.69, 9.17) is 4.74 Å². The van der Waals surface area contributed by atoms with Crippen LogP contribution in [0.4, 0.5) is 4.39 Å². The number of hydrogen-bond acceptors (Lipinski definition) is 2. The van der Waals surface area contributed by atoms with Gasteiger partial charge in [0.15, 0.2) is 0 Å². The van der Waals surface area contributed by atoms with E-state index in [9.17, 15) is 9.18 Å². The van der Waals surface area contributed by atoms with Crippen LogP contribution in [0, 0.1) is 5.82 Å². The number of benzene rings is 2. The summed E-state index contributed by atoms with van der Waals surface area (Å²) in [6, 6.07) is 12.1. The van der Waals surface area contributed by atoms with Crippen molar-refractivity contribution in [2.75, 3.05) is 6.61 Å². The third-order valence-electron chi connectivity index (χ3n) is 3.50. The zero-order valence-corrected chi connectivity index (χ0v) is 11.6. The van der Waals surface area contributed by atoms with Crippen LogP contribution in [0.25, 0.3) is 0 Å². The maximum Gasteiger partial charge on any atom is 0.224 e. The molecule has 1 heterocycles. The number of ether oxygens (including phenoxy) is 1. The van der Waals surface area contributed by atoms with E-state index in [0.29, 0.717) is 12.1 Å². The molecule has 108 valence electrons. The fraction of sp³-hybridized carbons (Fsp3) is 0.235. The normalized spacial score (nSPS) is 12.6. The number of amides is 1. The molecule has 0 bridgehead atoms. The summed E-state index contributed by atoms with van der Waals surface area (Å²) in [6.45, 7) is 1.20. The van der Waals surface area contributed by atoms with E-state index in [1.54, 1.807) is 12.1 Å². The van der Waals surface area contributed by atoms with E-state index in [1.807, 2.05) is 12.1 Å². The number of carbonyl (C=O) groups is 1. The van der Waals surface area contributed by atoms with Gasteiger partial charge in [0.1, 0.15) is 11.6 Å². The van der Waals surface area contributed by atoms with Crippen LogP contribution in [-0.2, 0) is 24.2 Å². The molecule has 3 nitrogen and oxygen atoms in total. The summed E-state index contributed by atoms with van der Waals surface area (Å²) in [4.78, 5) is 11.9. The molecular weight excluding hydrogens is 269 g/mol. The van der Waals surface area contributed by atoms with E-state index in [2.05, 4.69) is 11.4 Å². The molecule has 1 aliphatic rings. The second-order valence-corrected chi connectivity index (χ2v) is 5.12. The molecule has 0 aliphatic carbocycles. The highest BCUT2D eigenvalue weighted by Crippen LogP contribution is 2.25. The minimum atomic E-state index is -0.320. The molecule has 0 saturated carbocycles. The molecule has 0 saturated heterocycles. The van der Waals surface area contributed by atoms with E-state index in [-0.39, 0.29) is 18.1 Å². The lowest BCUT2D eigenvalue weighted by Gasteiger charge is -2.07. The Balaban J connectivity index is 1.56. The summed E-state index contributed by atoms with van der Waals surface area (Å²) >= 11 is 0. The molecule has 0 atom stereocenters. The van der Waals surface area contributed by atoms with Gasteiger partial charge in [-0.1, -0.05) is 24.3 Å². The number of rotatable bonds is 4. The van der Waals surface area contributed by atoms with Gasteiger partial charge in [0.2, 0.25) is 5.91 Å². The summed E-state index contributed by atoms with van der Waals surface area (Å²) in [5, 5.41) is 2.86. The van der Waals surface area contributed by atoms with Gasteiger partial charge in [-0.05, 0) is 34.9 Å². The summed E-state index contributed by atoms with van der Waals surface area (Å²) in [5.74, 6) is 0.501. The lowest BCUT2D eigenvalue weighted by molar-refractivity contribution is -0.120. The Kier molecular flexibility index (Phi) is 3.86. The van der Waals surface area contributed by atoms with Gasteiger partial charge >= 0.3 is 0 Å². The molecule has 1 amide bonds. The zero-order valence-electron chi connectivity index (χ0n) is 11.6. The SMILES string of the molecule is O=C(Cc1cccc(F)c1)NCc1ccc2c(c1)CCO2. The number of fused-ring (bicyclic) bond motifs is 1. The molecule has 2 aromatic carbocycles. The molecule has 4 heteroatoms. The van der Waals surface area contributed by atoms with Gasteiger partial charge in [-0.25, -0.2) is 4.39 Å². The largest absolute Gasteiger partial charge is 0.493 e. The summed E-state index contributed by atoms with van der Waals surface area (Å²) in [5.41, 5.74) is 2.91. The van der Waals surface area contributed by atoms with Crippen LogP contribution < -0.4 is 10.1 Å². The highest BCUT2D eigenvalue weighted by molar-refractivity contribution is 5.78. The third kappa shape index (κ3) is 3.40. The maximum absolute atomic E-state index is 13.1. The Morgan fingerprint density at radius 3 is 2.95 bits per heavy atom. The molecule has 1 aliphatic heterocycles. The minimum Gasteiger partial charge on any atom is -0.493 e. The Morgan fingerprint density at radius 1 is 1.19 bits per heavy atom. The first kappa shape index (κ1) is 13.6. The standard InChI is InChI=1S/C17H16FNO2/c18-15-3-1-2-12(9-15)10-17(20)19-11-13-4-5-16-14(8-13)6-7-21-16/h1-5,8-9H,6-7,10-11H2,(H,19,20). The van der Waals surface area contributed by atoms with Crippen molar-refractivity contribution >= 4 is 5.91 Å². The number of carbonyl (C=O) groups excluding carboxylic acids is 1. The summed E-state index contributed by atoms with van der Waals surface area (Å²) in [7, 11) is 0. The molecular formula is C17H16FNO2. The average molecular weight is 285 g/mol. The zero-order chi connectivity index (χ0) is 14.7. The first-order valence-corrected chi connectivity index (χ1v) is 6.96. The van der Waals surface area contributed by atoms with E-state index in [1.165, 1.54) is 17.7 Å². The fourth-order valence-electron chi connectivity index (χ4n) is 2.45. The Labute approximate surface area is 122 Å². The molecule has 1 N–H and O–H groups in total. The van der Waals surface area contributed by atoms with Gasteiger partial charge in [0.05, 0.1) is 13.0 Å². The maximum atomic E-state index is 13.1. The highest BCUT2D eigenvalue weighted by Gasteiger charge is 2.12. The molecule has 0 radical (unpaired) electrons. The third-order valence-corrected chi connectivity index (χ3v) is 3.50. The molecule has 0 unspecified atom stereocenters. The first-order chi connectivity index (χ1) is 10.2. The number of halogens is 1. The van der Waals surface area contributed by atoms with Gasteiger partial charge < -0.3 is 10.1 Å². The van der Waals surface area contributed by atoms with Crippen molar-refractivity contribution in [2.24, 2.45) is 0 Å². The molecule has 0 aromatic heterocycles. The number of hydrogen-bond donors (Lipinski definition) is 1. The summed E-state index contributed by atoms with van der Waals surface area (Å²) in [6.07, 6.45) is 1.10. The second kappa shape index (κ2) is 5.95. The smallest absolute Gasteiger partial charge is 0.224 e. The quantitative estimate of drug-likeness (QED) is 0.937. The Bertz CT molecular complexity index is 670. The van der Waals surface area contributed by atoms with E-state index >= 15 is 0 Å². The van der Waals surface area contributed by atoms with Crippen molar-refractivity contribution in [1.82, 2.24) is 5.32 Å². The van der Waals surface area contributed by atoms with Gasteiger partial charge in [-0.2, -0.15) is 0 Å². The van der Waals surface area contributed by atoms with Crippen molar-refractivity contribution in [1.29, 1.82) is 0 Å². The van der Waals surface area contributed by atoms with Crippen LogP contribution in [0.15, 0.2) is 42.5 Å². The van der Waals surface area contributed by atoms with Gasteiger partial charge in [0, 0.05) is 13.0 Å². The van der Waals surface area contributed by atoms with Crippen molar-refractivity contribution < 1.29 is 13.9 Å². The Morgan fingerprint density at radius 2 is 2.10 bits per heavy atom. The lowest BCUT2D eigenvalue weighted by atomic mass is 10.1. The monoisotopic (exact) mass is 285 g/mol. The first-order valence-electron chi connectivity index (χ1n) is 6.96. The summed E-state index contributed by atoms with van der Waals surface area (Å²) < 4.78 is 18.5. The van der Waals surface area contributed by atoms with Crippen molar-refractivity contribution in [3.05, 3.63) is 65.0 Å². The van der Waals surface area contributed by atoms with Gasteiger partial charge in [-0.3, -0.25) is 4.79 Å². The van der Waals surface area contributed by atoms with Crippen LogP contribution in [0.2, 0.25) is 0 Å². The van der Waals surface area contributed by atoms with Crippen LogP contribution in [0.3, 0.4) is 0 Å². The molecule has 2 aromatic rings. The predicted octanol–water partition coefficient (Wildman–Crippen LogP) is 2.62.